The zero-order chi connectivity index (χ0) is 15.9. The van der Waals surface area contributed by atoms with Crippen molar-refractivity contribution in [2.45, 2.75) is 46.2 Å². The molecule has 1 fully saturated rings. The minimum atomic E-state index is -0.0560. The smallest absolute Gasteiger partial charge is 0.244 e. The number of nitrogens with one attached hydrogen (secondary N) is 1. The number of benzene rings is 1. The van der Waals surface area contributed by atoms with Crippen LogP contribution in [0.3, 0.4) is 0 Å². The van der Waals surface area contributed by atoms with E-state index in [-0.39, 0.29) is 11.8 Å². The normalized spacial score (nSPS) is 15.3. The molecule has 0 atom stereocenters. The maximum absolute atomic E-state index is 11.8. The van der Waals surface area contributed by atoms with Gasteiger partial charge in [-0.05, 0) is 30.9 Å². The first kappa shape index (κ1) is 16.3. The van der Waals surface area contributed by atoms with E-state index in [9.17, 15) is 9.59 Å². The Morgan fingerprint density at radius 3 is 2.82 bits per heavy atom. The van der Waals surface area contributed by atoms with Gasteiger partial charge in [0.2, 0.25) is 11.8 Å². The minimum absolute atomic E-state index is 0.0560. The molecule has 1 aromatic rings. The lowest BCUT2D eigenvalue weighted by atomic mass is 10.1. The zero-order valence-electron chi connectivity index (χ0n) is 13.4. The standard InChI is InChI=1S/C18H24N2O2/c1-3-14(2)10-17(21)19-12-15-6-4-7-16(11-15)13-20-9-5-8-18(20)22/h4,6-7,10-11H,3,5,8-9,12-13H2,1-2H3,(H,19,21)/b14-10+. The Labute approximate surface area is 132 Å². The van der Waals surface area contributed by atoms with E-state index in [4.69, 9.17) is 0 Å². The fourth-order valence-electron chi connectivity index (χ4n) is 2.50. The molecular weight excluding hydrogens is 276 g/mol. The largest absolute Gasteiger partial charge is 0.348 e. The Kier molecular flexibility index (Phi) is 5.75. The molecule has 0 spiro atoms. The number of rotatable bonds is 6. The number of amides is 2. The molecule has 22 heavy (non-hydrogen) atoms. The van der Waals surface area contributed by atoms with Gasteiger partial charge in [-0.15, -0.1) is 0 Å². The second-order valence-corrected chi connectivity index (χ2v) is 5.80. The molecule has 1 aliphatic heterocycles. The number of hydrogen-bond acceptors (Lipinski definition) is 2. The van der Waals surface area contributed by atoms with E-state index in [1.807, 2.05) is 36.9 Å². The Hall–Kier alpha value is -2.10. The highest BCUT2D eigenvalue weighted by atomic mass is 16.2. The fourth-order valence-corrected chi connectivity index (χ4v) is 2.50. The van der Waals surface area contributed by atoms with Gasteiger partial charge in [-0.1, -0.05) is 36.8 Å². The van der Waals surface area contributed by atoms with E-state index >= 15 is 0 Å². The van der Waals surface area contributed by atoms with Gasteiger partial charge >= 0.3 is 0 Å². The molecule has 2 amide bonds. The first-order valence-corrected chi connectivity index (χ1v) is 7.89. The third-order valence-corrected chi connectivity index (χ3v) is 3.94. The first-order valence-electron chi connectivity index (χ1n) is 7.89. The van der Waals surface area contributed by atoms with Gasteiger partial charge in [-0.25, -0.2) is 0 Å². The van der Waals surface area contributed by atoms with Crippen LogP contribution in [-0.4, -0.2) is 23.3 Å². The van der Waals surface area contributed by atoms with Crippen molar-refractivity contribution in [3.05, 3.63) is 47.0 Å². The molecule has 118 valence electrons. The van der Waals surface area contributed by atoms with Crippen molar-refractivity contribution in [1.82, 2.24) is 10.2 Å². The second kappa shape index (κ2) is 7.78. The summed E-state index contributed by atoms with van der Waals surface area (Å²) in [5, 5.41) is 2.90. The van der Waals surface area contributed by atoms with Gasteiger partial charge in [0.05, 0.1) is 0 Å². The van der Waals surface area contributed by atoms with Crippen LogP contribution < -0.4 is 5.32 Å². The van der Waals surface area contributed by atoms with E-state index in [0.29, 0.717) is 19.5 Å². The van der Waals surface area contributed by atoms with Gasteiger partial charge in [0, 0.05) is 32.1 Å². The number of nitrogens with zero attached hydrogens (tertiary/aromatic N) is 1. The Balaban J connectivity index is 1.91. The van der Waals surface area contributed by atoms with Crippen LogP contribution in [0, 0.1) is 0 Å². The van der Waals surface area contributed by atoms with Crippen molar-refractivity contribution in [3.63, 3.8) is 0 Å². The van der Waals surface area contributed by atoms with Crippen molar-refractivity contribution >= 4 is 11.8 Å². The van der Waals surface area contributed by atoms with Crippen molar-refractivity contribution in [3.8, 4) is 0 Å². The zero-order valence-corrected chi connectivity index (χ0v) is 13.4. The van der Waals surface area contributed by atoms with Crippen LogP contribution in [0.25, 0.3) is 0 Å². The molecular formula is C18H24N2O2. The molecule has 0 bridgehead atoms. The highest BCUT2D eigenvalue weighted by molar-refractivity contribution is 5.88. The highest BCUT2D eigenvalue weighted by Gasteiger charge is 2.19. The summed E-state index contributed by atoms with van der Waals surface area (Å²) in [5.74, 6) is 0.179. The third-order valence-electron chi connectivity index (χ3n) is 3.94. The van der Waals surface area contributed by atoms with Gasteiger partial charge < -0.3 is 10.2 Å². The van der Waals surface area contributed by atoms with Crippen molar-refractivity contribution in [2.24, 2.45) is 0 Å². The Morgan fingerprint density at radius 2 is 2.14 bits per heavy atom. The van der Waals surface area contributed by atoms with E-state index < -0.39 is 0 Å². The molecule has 4 heteroatoms. The molecule has 4 nitrogen and oxygen atoms in total. The predicted octanol–water partition coefficient (Wildman–Crippen LogP) is 2.78. The topological polar surface area (TPSA) is 49.4 Å². The van der Waals surface area contributed by atoms with Crippen LogP contribution >= 0.6 is 0 Å². The van der Waals surface area contributed by atoms with Crippen LogP contribution in [0.1, 0.15) is 44.2 Å². The number of carbonyl (C=O) groups excluding carboxylic acids is 2. The second-order valence-electron chi connectivity index (χ2n) is 5.80. The molecule has 0 aromatic heterocycles. The molecule has 0 saturated carbocycles. The molecule has 1 saturated heterocycles. The maximum Gasteiger partial charge on any atom is 0.244 e. The number of likely N-dealkylation sites (tertiary alicyclic amines) is 1. The Bertz CT molecular complexity index is 578. The monoisotopic (exact) mass is 300 g/mol. The average molecular weight is 300 g/mol. The summed E-state index contributed by atoms with van der Waals surface area (Å²) < 4.78 is 0. The quantitative estimate of drug-likeness (QED) is 0.821. The van der Waals surface area contributed by atoms with Crippen LogP contribution in [0.5, 0.6) is 0 Å². The van der Waals surface area contributed by atoms with Crippen LogP contribution in [-0.2, 0) is 22.7 Å². The summed E-state index contributed by atoms with van der Waals surface area (Å²) in [5.41, 5.74) is 3.24. The van der Waals surface area contributed by atoms with Crippen molar-refractivity contribution < 1.29 is 9.59 Å². The van der Waals surface area contributed by atoms with Crippen molar-refractivity contribution in [2.75, 3.05) is 6.54 Å². The predicted molar refractivity (Wildman–Crippen MR) is 87.0 cm³/mol. The molecule has 1 heterocycles. The molecule has 0 radical (unpaired) electrons. The molecule has 0 aliphatic carbocycles. The van der Waals surface area contributed by atoms with Gasteiger partial charge in [-0.3, -0.25) is 9.59 Å². The summed E-state index contributed by atoms with van der Waals surface area (Å²) in [6.07, 6.45) is 4.15. The molecule has 1 aliphatic rings. The van der Waals surface area contributed by atoms with E-state index in [1.54, 1.807) is 6.08 Å². The van der Waals surface area contributed by atoms with Crippen LogP contribution in [0.4, 0.5) is 0 Å². The van der Waals surface area contributed by atoms with Gasteiger partial charge in [0.1, 0.15) is 0 Å². The van der Waals surface area contributed by atoms with E-state index in [0.717, 1.165) is 36.1 Å². The maximum atomic E-state index is 11.8. The summed E-state index contributed by atoms with van der Waals surface area (Å²) in [7, 11) is 0. The van der Waals surface area contributed by atoms with Gasteiger partial charge in [0.15, 0.2) is 0 Å². The lowest BCUT2D eigenvalue weighted by molar-refractivity contribution is -0.128. The number of hydrogen-bond donors (Lipinski definition) is 1. The van der Waals surface area contributed by atoms with Crippen molar-refractivity contribution in [1.29, 1.82) is 0 Å². The highest BCUT2D eigenvalue weighted by Crippen LogP contribution is 2.15. The van der Waals surface area contributed by atoms with Gasteiger partial charge in [0.25, 0.3) is 0 Å². The van der Waals surface area contributed by atoms with Gasteiger partial charge in [-0.2, -0.15) is 0 Å². The summed E-state index contributed by atoms with van der Waals surface area (Å²) in [4.78, 5) is 25.3. The van der Waals surface area contributed by atoms with Crippen LogP contribution in [0.15, 0.2) is 35.9 Å². The van der Waals surface area contributed by atoms with E-state index in [1.165, 1.54) is 0 Å². The third kappa shape index (κ3) is 4.72. The minimum Gasteiger partial charge on any atom is -0.348 e. The summed E-state index contributed by atoms with van der Waals surface area (Å²) in [6, 6.07) is 8.05. The molecule has 0 unspecified atom stereocenters. The average Bonchev–Trinajstić information content (AvgIpc) is 2.90. The molecule has 2 rings (SSSR count). The SMILES string of the molecule is CC/C(C)=C/C(=O)NCc1cccc(CN2CCCC2=O)c1. The van der Waals surface area contributed by atoms with Crippen LogP contribution in [0.2, 0.25) is 0 Å². The van der Waals surface area contributed by atoms with E-state index in [2.05, 4.69) is 11.4 Å². The number of allylic oxidation sites excluding steroid dienone is 1. The lowest BCUT2D eigenvalue weighted by Gasteiger charge is -2.16. The Morgan fingerprint density at radius 1 is 1.36 bits per heavy atom. The fraction of sp³-hybridized carbons (Fsp3) is 0.444. The molecule has 1 N–H and O–H groups in total. The number of carbonyl (C=O) groups is 2. The summed E-state index contributed by atoms with van der Waals surface area (Å²) >= 11 is 0. The first-order chi connectivity index (χ1) is 10.6. The lowest BCUT2D eigenvalue weighted by Crippen LogP contribution is -2.24. The molecule has 1 aromatic carbocycles. The summed E-state index contributed by atoms with van der Waals surface area (Å²) in [6.45, 7) is 6.00.